The predicted octanol–water partition coefficient (Wildman–Crippen LogP) is 3.34. The molecule has 0 radical (unpaired) electrons. The van der Waals surface area contributed by atoms with Crippen LogP contribution in [-0.2, 0) is 6.54 Å². The maximum Gasteiger partial charge on any atom is 0.123 e. The van der Waals surface area contributed by atoms with Crippen LogP contribution in [0.4, 0.5) is 11.4 Å². The van der Waals surface area contributed by atoms with Crippen molar-refractivity contribution in [2.75, 3.05) is 17.7 Å². The van der Waals surface area contributed by atoms with Gasteiger partial charge in [0.2, 0.25) is 0 Å². The highest BCUT2D eigenvalue weighted by Crippen LogP contribution is 2.23. The van der Waals surface area contributed by atoms with E-state index in [-0.39, 0.29) is 0 Å². The van der Waals surface area contributed by atoms with E-state index < -0.39 is 0 Å². The first-order chi connectivity index (χ1) is 8.28. The molecular formula is C13H16N2OS. The number of ether oxygens (including phenoxy) is 1. The molecule has 0 aliphatic heterocycles. The second-order valence-electron chi connectivity index (χ2n) is 3.66. The highest BCUT2D eigenvalue weighted by Gasteiger charge is 2.00. The molecule has 2 aromatic rings. The molecule has 0 unspecified atom stereocenters. The van der Waals surface area contributed by atoms with E-state index in [1.165, 1.54) is 4.88 Å². The molecule has 90 valence electrons. The molecule has 0 saturated carbocycles. The summed E-state index contributed by atoms with van der Waals surface area (Å²) in [6.07, 6.45) is 0. The van der Waals surface area contributed by atoms with Crippen molar-refractivity contribution in [2.24, 2.45) is 0 Å². The van der Waals surface area contributed by atoms with E-state index in [2.05, 4.69) is 16.8 Å². The zero-order valence-electron chi connectivity index (χ0n) is 9.77. The first kappa shape index (κ1) is 11.8. The molecule has 17 heavy (non-hydrogen) atoms. The second-order valence-corrected chi connectivity index (χ2v) is 4.69. The molecule has 0 saturated heterocycles. The minimum Gasteiger partial charge on any atom is -0.494 e. The lowest BCUT2D eigenvalue weighted by molar-refractivity contribution is 0.340. The van der Waals surface area contributed by atoms with Crippen LogP contribution in [0.15, 0.2) is 35.7 Å². The first-order valence-corrected chi connectivity index (χ1v) is 6.45. The third kappa shape index (κ3) is 3.39. The van der Waals surface area contributed by atoms with Crippen LogP contribution < -0.4 is 15.8 Å². The number of benzene rings is 1. The van der Waals surface area contributed by atoms with Gasteiger partial charge in [-0.2, -0.15) is 0 Å². The van der Waals surface area contributed by atoms with Gasteiger partial charge in [0, 0.05) is 34.9 Å². The Morgan fingerprint density at radius 2 is 2.24 bits per heavy atom. The molecule has 1 heterocycles. The largest absolute Gasteiger partial charge is 0.494 e. The smallest absolute Gasteiger partial charge is 0.123 e. The highest BCUT2D eigenvalue weighted by molar-refractivity contribution is 7.09. The van der Waals surface area contributed by atoms with Crippen LogP contribution in [0.25, 0.3) is 0 Å². The van der Waals surface area contributed by atoms with Crippen LogP contribution in [0.3, 0.4) is 0 Å². The average molecular weight is 248 g/mol. The third-order valence-corrected chi connectivity index (χ3v) is 3.16. The predicted molar refractivity (Wildman–Crippen MR) is 73.7 cm³/mol. The highest BCUT2D eigenvalue weighted by atomic mass is 32.1. The van der Waals surface area contributed by atoms with Crippen molar-refractivity contribution >= 4 is 22.7 Å². The number of nitrogen functional groups attached to an aromatic ring is 1. The molecule has 3 nitrogen and oxygen atoms in total. The second kappa shape index (κ2) is 5.59. The molecule has 3 N–H and O–H groups in total. The summed E-state index contributed by atoms with van der Waals surface area (Å²) in [7, 11) is 0. The van der Waals surface area contributed by atoms with E-state index in [1.54, 1.807) is 11.3 Å². The fourth-order valence-electron chi connectivity index (χ4n) is 1.58. The summed E-state index contributed by atoms with van der Waals surface area (Å²) in [5, 5.41) is 5.41. The summed E-state index contributed by atoms with van der Waals surface area (Å²) in [5.74, 6) is 0.807. The van der Waals surface area contributed by atoms with Gasteiger partial charge in [-0.1, -0.05) is 6.07 Å². The van der Waals surface area contributed by atoms with Crippen molar-refractivity contribution in [1.29, 1.82) is 0 Å². The zero-order valence-corrected chi connectivity index (χ0v) is 10.6. The molecule has 0 fully saturated rings. The Morgan fingerprint density at radius 3 is 2.94 bits per heavy atom. The summed E-state index contributed by atoms with van der Waals surface area (Å²) in [6.45, 7) is 3.42. The van der Waals surface area contributed by atoms with Crippen LogP contribution in [0.1, 0.15) is 11.8 Å². The molecule has 2 rings (SSSR count). The van der Waals surface area contributed by atoms with E-state index in [4.69, 9.17) is 10.5 Å². The third-order valence-electron chi connectivity index (χ3n) is 2.29. The minimum absolute atomic E-state index is 0.647. The number of nitrogens with two attached hydrogens (primary N) is 1. The number of anilines is 2. The number of hydrogen-bond donors (Lipinski definition) is 2. The molecule has 0 atom stereocenters. The van der Waals surface area contributed by atoms with Gasteiger partial charge >= 0.3 is 0 Å². The molecule has 4 heteroatoms. The lowest BCUT2D eigenvalue weighted by Crippen LogP contribution is -2.00. The van der Waals surface area contributed by atoms with Crippen molar-refractivity contribution in [1.82, 2.24) is 0 Å². The lowest BCUT2D eigenvalue weighted by Gasteiger charge is -2.09. The number of nitrogens with one attached hydrogen (secondary N) is 1. The quantitative estimate of drug-likeness (QED) is 0.798. The van der Waals surface area contributed by atoms with Crippen molar-refractivity contribution in [3.8, 4) is 5.75 Å². The van der Waals surface area contributed by atoms with Crippen LogP contribution >= 0.6 is 11.3 Å². The van der Waals surface area contributed by atoms with E-state index in [0.29, 0.717) is 12.3 Å². The van der Waals surface area contributed by atoms with Crippen LogP contribution in [0.2, 0.25) is 0 Å². The first-order valence-electron chi connectivity index (χ1n) is 5.57. The molecule has 0 amide bonds. The summed E-state index contributed by atoms with van der Waals surface area (Å²) in [5.41, 5.74) is 7.52. The van der Waals surface area contributed by atoms with Gasteiger partial charge in [-0.05, 0) is 24.4 Å². The van der Waals surface area contributed by atoms with Crippen molar-refractivity contribution < 1.29 is 4.74 Å². The number of thiophene rings is 1. The van der Waals surface area contributed by atoms with Gasteiger partial charge in [0.15, 0.2) is 0 Å². The van der Waals surface area contributed by atoms with Gasteiger partial charge in [-0.25, -0.2) is 0 Å². The molecule has 1 aromatic carbocycles. The normalized spacial score (nSPS) is 10.2. The summed E-state index contributed by atoms with van der Waals surface area (Å²) in [6, 6.07) is 9.86. The fraction of sp³-hybridized carbons (Fsp3) is 0.231. The standard InChI is InChI=1S/C13H16N2OS/c1-2-16-12-7-10(14)6-11(8-12)15-9-13-4-3-5-17-13/h3-8,15H,2,9,14H2,1H3. The molecule has 0 aliphatic carbocycles. The number of rotatable bonds is 5. The molecule has 0 bridgehead atoms. The lowest BCUT2D eigenvalue weighted by atomic mass is 10.2. The fourth-order valence-corrected chi connectivity index (χ4v) is 2.22. The Bertz CT molecular complexity index is 468. The summed E-state index contributed by atoms with van der Waals surface area (Å²) in [4.78, 5) is 1.30. The minimum atomic E-state index is 0.647. The van der Waals surface area contributed by atoms with Crippen molar-refractivity contribution in [2.45, 2.75) is 13.5 Å². The summed E-state index contributed by atoms with van der Waals surface area (Å²) >= 11 is 1.74. The molecule has 1 aromatic heterocycles. The van der Waals surface area contributed by atoms with Gasteiger partial charge in [0.05, 0.1) is 6.61 Å². The summed E-state index contributed by atoms with van der Waals surface area (Å²) < 4.78 is 5.45. The topological polar surface area (TPSA) is 47.3 Å². The Labute approximate surface area is 105 Å². The maximum absolute atomic E-state index is 5.82. The van der Waals surface area contributed by atoms with Crippen molar-refractivity contribution in [3.05, 3.63) is 40.6 Å². The van der Waals surface area contributed by atoms with E-state index in [1.807, 2.05) is 31.2 Å². The van der Waals surface area contributed by atoms with Crippen LogP contribution in [0, 0.1) is 0 Å². The Morgan fingerprint density at radius 1 is 1.35 bits per heavy atom. The zero-order chi connectivity index (χ0) is 12.1. The Hall–Kier alpha value is -1.68. The number of hydrogen-bond acceptors (Lipinski definition) is 4. The monoisotopic (exact) mass is 248 g/mol. The van der Waals surface area contributed by atoms with Gasteiger partial charge in [0.25, 0.3) is 0 Å². The van der Waals surface area contributed by atoms with E-state index in [9.17, 15) is 0 Å². The van der Waals surface area contributed by atoms with Crippen molar-refractivity contribution in [3.63, 3.8) is 0 Å². The van der Waals surface area contributed by atoms with E-state index in [0.717, 1.165) is 18.0 Å². The van der Waals surface area contributed by atoms with Crippen LogP contribution in [0.5, 0.6) is 5.75 Å². The average Bonchev–Trinajstić information content (AvgIpc) is 2.79. The van der Waals surface area contributed by atoms with Gasteiger partial charge in [-0.15, -0.1) is 11.3 Å². The van der Waals surface area contributed by atoms with Gasteiger partial charge < -0.3 is 15.8 Å². The molecular weight excluding hydrogens is 232 g/mol. The SMILES string of the molecule is CCOc1cc(N)cc(NCc2cccs2)c1. The molecule has 0 aliphatic rings. The van der Waals surface area contributed by atoms with E-state index >= 15 is 0 Å². The van der Waals surface area contributed by atoms with Gasteiger partial charge in [-0.3, -0.25) is 0 Å². The van der Waals surface area contributed by atoms with Crippen LogP contribution in [-0.4, -0.2) is 6.61 Å². The van der Waals surface area contributed by atoms with Gasteiger partial charge in [0.1, 0.15) is 5.75 Å². The Balaban J connectivity index is 2.04. The maximum atomic E-state index is 5.82. The Kier molecular flexibility index (Phi) is 3.88. The molecule has 0 spiro atoms.